The molecule has 0 unspecified atom stereocenters. The Labute approximate surface area is 74.7 Å². The van der Waals surface area contributed by atoms with Crippen LogP contribution in [-0.2, 0) is 18.4 Å². The molecule has 66 valence electrons. The molecule has 0 fully saturated rings. The third-order valence-electron chi connectivity index (χ3n) is 1.21. The Morgan fingerprint density at radius 2 is 2.58 bits per heavy atom. The van der Waals surface area contributed by atoms with Crippen LogP contribution in [0.1, 0.15) is 5.82 Å². The fourth-order valence-corrected chi connectivity index (χ4v) is 0.784. The van der Waals surface area contributed by atoms with Gasteiger partial charge in [-0.2, -0.15) is 5.10 Å². The highest BCUT2D eigenvalue weighted by Gasteiger charge is 2.01. The first-order valence-corrected chi connectivity index (χ1v) is 3.93. The average molecular weight is 189 g/mol. The number of alkyl halides is 1. The highest BCUT2D eigenvalue weighted by atomic mass is 35.5. The molecule has 5 nitrogen and oxygen atoms in total. The maximum atomic E-state index is 10.7. The second-order valence-electron chi connectivity index (χ2n) is 2.24. The monoisotopic (exact) mass is 188 g/mol. The molecule has 0 spiro atoms. The zero-order valence-electron chi connectivity index (χ0n) is 6.62. The lowest BCUT2D eigenvalue weighted by atomic mass is 10.5. The third-order valence-corrected chi connectivity index (χ3v) is 1.45. The van der Waals surface area contributed by atoms with Crippen molar-refractivity contribution in [3.05, 3.63) is 12.2 Å². The second kappa shape index (κ2) is 4.06. The van der Waals surface area contributed by atoms with E-state index in [1.54, 1.807) is 18.1 Å². The molecule has 0 saturated heterocycles. The third kappa shape index (κ3) is 2.50. The van der Waals surface area contributed by atoms with E-state index in [1.165, 1.54) is 0 Å². The van der Waals surface area contributed by atoms with E-state index in [0.717, 1.165) is 0 Å². The van der Waals surface area contributed by atoms with Crippen LogP contribution < -0.4 is 5.32 Å². The standard InChI is InChI=1S/C6H9ClN4O/c1-11-4-9-5(10-11)3-8-6(12)2-7/h4H,2-3H2,1H3,(H,8,12). The molecule has 1 aromatic heterocycles. The summed E-state index contributed by atoms with van der Waals surface area (Å²) in [6, 6.07) is 0. The van der Waals surface area contributed by atoms with E-state index >= 15 is 0 Å². The summed E-state index contributed by atoms with van der Waals surface area (Å²) >= 11 is 5.27. The minimum absolute atomic E-state index is 0.0349. The molecule has 0 saturated carbocycles. The topological polar surface area (TPSA) is 59.8 Å². The average Bonchev–Trinajstić information content (AvgIpc) is 2.47. The minimum Gasteiger partial charge on any atom is -0.348 e. The van der Waals surface area contributed by atoms with Crippen LogP contribution in [0.4, 0.5) is 0 Å². The number of hydrogen-bond acceptors (Lipinski definition) is 3. The van der Waals surface area contributed by atoms with Crippen LogP contribution in [0.5, 0.6) is 0 Å². The molecule has 1 rings (SSSR count). The highest BCUT2D eigenvalue weighted by Crippen LogP contribution is 1.86. The summed E-state index contributed by atoms with van der Waals surface area (Å²) in [5.74, 6) is 0.326. The number of aryl methyl sites for hydroxylation is 1. The van der Waals surface area contributed by atoms with Crippen molar-refractivity contribution >= 4 is 17.5 Å². The van der Waals surface area contributed by atoms with E-state index in [0.29, 0.717) is 12.4 Å². The molecule has 1 amide bonds. The van der Waals surface area contributed by atoms with Crippen molar-refractivity contribution in [2.24, 2.45) is 7.05 Å². The lowest BCUT2D eigenvalue weighted by Crippen LogP contribution is -2.24. The summed E-state index contributed by atoms with van der Waals surface area (Å²) in [5.41, 5.74) is 0. The summed E-state index contributed by atoms with van der Waals surface area (Å²) in [4.78, 5) is 14.6. The number of amides is 1. The van der Waals surface area contributed by atoms with Gasteiger partial charge in [-0.15, -0.1) is 11.6 Å². The van der Waals surface area contributed by atoms with Crippen LogP contribution in [0.2, 0.25) is 0 Å². The van der Waals surface area contributed by atoms with E-state index in [4.69, 9.17) is 11.6 Å². The van der Waals surface area contributed by atoms with E-state index in [1.807, 2.05) is 0 Å². The van der Waals surface area contributed by atoms with Crippen molar-refractivity contribution in [1.82, 2.24) is 20.1 Å². The molecular formula is C6H9ClN4O. The van der Waals surface area contributed by atoms with Gasteiger partial charge in [-0.25, -0.2) is 4.98 Å². The fourth-order valence-electron chi connectivity index (χ4n) is 0.690. The van der Waals surface area contributed by atoms with Gasteiger partial charge in [0.05, 0.1) is 6.54 Å². The van der Waals surface area contributed by atoms with Crippen molar-refractivity contribution in [2.75, 3.05) is 5.88 Å². The van der Waals surface area contributed by atoms with Crippen molar-refractivity contribution < 1.29 is 4.79 Å². The lowest BCUT2D eigenvalue weighted by molar-refractivity contribution is -0.118. The number of carbonyl (C=O) groups is 1. The predicted molar refractivity (Wildman–Crippen MR) is 43.6 cm³/mol. The van der Waals surface area contributed by atoms with Crippen LogP contribution >= 0.6 is 11.6 Å². The zero-order valence-corrected chi connectivity index (χ0v) is 7.38. The van der Waals surface area contributed by atoms with Gasteiger partial charge in [0, 0.05) is 7.05 Å². The van der Waals surface area contributed by atoms with Crippen LogP contribution in [0.15, 0.2) is 6.33 Å². The molecule has 12 heavy (non-hydrogen) atoms. The lowest BCUT2D eigenvalue weighted by Gasteiger charge is -1.96. The molecule has 1 heterocycles. The number of aromatic nitrogens is 3. The maximum absolute atomic E-state index is 10.7. The van der Waals surface area contributed by atoms with Crippen LogP contribution in [0.25, 0.3) is 0 Å². The summed E-state index contributed by atoms with van der Waals surface area (Å²) in [6.45, 7) is 0.326. The predicted octanol–water partition coefficient (Wildman–Crippen LogP) is -0.330. The number of carbonyl (C=O) groups excluding carboxylic acids is 1. The zero-order chi connectivity index (χ0) is 8.97. The Morgan fingerprint density at radius 1 is 1.83 bits per heavy atom. The molecule has 6 heteroatoms. The quantitative estimate of drug-likeness (QED) is 0.661. The molecule has 0 aliphatic rings. The van der Waals surface area contributed by atoms with Gasteiger partial charge in [-0.05, 0) is 0 Å². The van der Waals surface area contributed by atoms with Crippen molar-refractivity contribution in [2.45, 2.75) is 6.54 Å². The largest absolute Gasteiger partial charge is 0.348 e. The molecule has 0 aliphatic heterocycles. The summed E-state index contributed by atoms with van der Waals surface area (Å²) in [5, 5.41) is 6.52. The van der Waals surface area contributed by atoms with Crippen molar-refractivity contribution in [3.63, 3.8) is 0 Å². The summed E-state index contributed by atoms with van der Waals surface area (Å²) in [6.07, 6.45) is 1.57. The van der Waals surface area contributed by atoms with Gasteiger partial charge in [0.1, 0.15) is 12.2 Å². The SMILES string of the molecule is Cn1cnc(CNC(=O)CCl)n1. The van der Waals surface area contributed by atoms with Crippen LogP contribution in [0.3, 0.4) is 0 Å². The van der Waals surface area contributed by atoms with Gasteiger partial charge in [0.15, 0.2) is 5.82 Å². The second-order valence-corrected chi connectivity index (χ2v) is 2.51. The Balaban J connectivity index is 2.38. The van der Waals surface area contributed by atoms with Crippen molar-refractivity contribution in [3.8, 4) is 0 Å². The molecule has 1 aromatic rings. The van der Waals surface area contributed by atoms with Gasteiger partial charge < -0.3 is 5.32 Å². The minimum atomic E-state index is -0.218. The molecule has 0 aliphatic carbocycles. The normalized spacial score (nSPS) is 9.83. The molecule has 0 bridgehead atoms. The fraction of sp³-hybridized carbons (Fsp3) is 0.500. The first-order valence-electron chi connectivity index (χ1n) is 3.39. The number of nitrogens with one attached hydrogen (secondary N) is 1. The highest BCUT2D eigenvalue weighted by molar-refractivity contribution is 6.27. The van der Waals surface area contributed by atoms with Gasteiger partial charge in [-0.3, -0.25) is 9.48 Å². The van der Waals surface area contributed by atoms with E-state index in [2.05, 4.69) is 15.4 Å². The van der Waals surface area contributed by atoms with E-state index in [9.17, 15) is 4.79 Å². The number of halogens is 1. The van der Waals surface area contributed by atoms with Crippen LogP contribution in [0, 0.1) is 0 Å². The smallest absolute Gasteiger partial charge is 0.235 e. The van der Waals surface area contributed by atoms with Crippen LogP contribution in [-0.4, -0.2) is 26.6 Å². The molecule has 1 N–H and O–H groups in total. The Bertz CT molecular complexity index is 272. The Kier molecular flexibility index (Phi) is 3.04. The maximum Gasteiger partial charge on any atom is 0.235 e. The number of hydrogen-bond donors (Lipinski definition) is 1. The van der Waals surface area contributed by atoms with Gasteiger partial charge in [0.2, 0.25) is 5.91 Å². The molecule has 0 radical (unpaired) electrons. The van der Waals surface area contributed by atoms with E-state index < -0.39 is 0 Å². The van der Waals surface area contributed by atoms with Crippen molar-refractivity contribution in [1.29, 1.82) is 0 Å². The Hall–Kier alpha value is -1.10. The molecule has 0 atom stereocenters. The van der Waals surface area contributed by atoms with Gasteiger partial charge >= 0.3 is 0 Å². The first kappa shape index (κ1) is 8.99. The Morgan fingerprint density at radius 3 is 3.08 bits per heavy atom. The van der Waals surface area contributed by atoms with E-state index in [-0.39, 0.29) is 11.8 Å². The molecule has 0 aromatic carbocycles. The number of nitrogens with zero attached hydrogens (tertiary/aromatic N) is 3. The first-order chi connectivity index (χ1) is 5.72. The molecular weight excluding hydrogens is 180 g/mol. The summed E-state index contributed by atoms with van der Waals surface area (Å²) < 4.78 is 1.57. The van der Waals surface area contributed by atoms with Gasteiger partial charge in [0.25, 0.3) is 0 Å². The van der Waals surface area contributed by atoms with Gasteiger partial charge in [-0.1, -0.05) is 0 Å². The summed E-state index contributed by atoms with van der Waals surface area (Å²) in [7, 11) is 1.76. The number of rotatable bonds is 3.